The van der Waals surface area contributed by atoms with Crippen LogP contribution in [0.1, 0.15) is 12.5 Å². The van der Waals surface area contributed by atoms with Crippen LogP contribution in [0.5, 0.6) is 11.5 Å². The third-order valence-corrected chi connectivity index (χ3v) is 4.90. The molecule has 166 valence electrons. The van der Waals surface area contributed by atoms with E-state index in [1.807, 2.05) is 6.92 Å². The van der Waals surface area contributed by atoms with Crippen molar-refractivity contribution < 1.29 is 19.3 Å². The first kappa shape index (κ1) is 21.1. The van der Waals surface area contributed by atoms with Crippen molar-refractivity contribution >= 4 is 24.1 Å². The summed E-state index contributed by atoms with van der Waals surface area (Å²) in [5, 5.41) is 14.5. The first-order chi connectivity index (χ1) is 15.2. The number of morpholine rings is 2. The molecule has 0 atom stereocenters. The molecule has 2 aliphatic heterocycles. The molecular formula is C20H27N7O4. The molecule has 2 aromatic rings. The summed E-state index contributed by atoms with van der Waals surface area (Å²) in [6.45, 7) is 7.72. The molecule has 0 amide bonds. The van der Waals surface area contributed by atoms with E-state index in [4.69, 9.17) is 14.2 Å². The van der Waals surface area contributed by atoms with Crippen LogP contribution in [0, 0.1) is 0 Å². The van der Waals surface area contributed by atoms with Crippen molar-refractivity contribution in [1.29, 1.82) is 0 Å². The number of aromatic nitrogens is 3. The Labute approximate surface area is 180 Å². The van der Waals surface area contributed by atoms with Gasteiger partial charge in [-0.2, -0.15) is 20.1 Å². The number of ether oxygens (including phenoxy) is 3. The molecule has 0 bridgehead atoms. The largest absolute Gasteiger partial charge is 0.504 e. The summed E-state index contributed by atoms with van der Waals surface area (Å²) < 4.78 is 16.3. The molecule has 3 heterocycles. The molecule has 4 rings (SSSR count). The third kappa shape index (κ3) is 5.30. The van der Waals surface area contributed by atoms with Gasteiger partial charge in [-0.15, -0.1) is 0 Å². The molecule has 0 spiro atoms. The molecule has 31 heavy (non-hydrogen) atoms. The number of hydrogen-bond donors (Lipinski definition) is 2. The fraction of sp³-hybridized carbons (Fsp3) is 0.500. The zero-order valence-electron chi connectivity index (χ0n) is 17.5. The number of para-hydroxylation sites is 1. The predicted molar refractivity (Wildman–Crippen MR) is 116 cm³/mol. The summed E-state index contributed by atoms with van der Waals surface area (Å²) in [5.74, 6) is 1.94. The zero-order valence-corrected chi connectivity index (χ0v) is 17.5. The van der Waals surface area contributed by atoms with Crippen molar-refractivity contribution in [3.63, 3.8) is 0 Å². The second-order valence-corrected chi connectivity index (χ2v) is 6.95. The van der Waals surface area contributed by atoms with Crippen LogP contribution in [0.3, 0.4) is 0 Å². The number of benzene rings is 1. The number of phenols is 1. The van der Waals surface area contributed by atoms with Crippen LogP contribution in [-0.4, -0.2) is 85.5 Å². The quantitative estimate of drug-likeness (QED) is 0.489. The van der Waals surface area contributed by atoms with E-state index in [1.54, 1.807) is 18.2 Å². The maximum Gasteiger partial charge on any atom is 0.250 e. The Balaban J connectivity index is 1.55. The zero-order chi connectivity index (χ0) is 21.5. The molecule has 2 fully saturated rings. The highest BCUT2D eigenvalue weighted by Crippen LogP contribution is 2.28. The topological polar surface area (TPSA) is 117 Å². The van der Waals surface area contributed by atoms with E-state index in [0.29, 0.717) is 88.4 Å². The van der Waals surface area contributed by atoms with Crippen LogP contribution >= 0.6 is 0 Å². The van der Waals surface area contributed by atoms with Gasteiger partial charge in [0.25, 0.3) is 0 Å². The maximum atomic E-state index is 10.3. The first-order valence-corrected chi connectivity index (χ1v) is 10.4. The molecule has 0 unspecified atom stereocenters. The standard InChI is InChI=1S/C20H27N7O4/c1-2-31-16-5-3-4-15(17(16)28)14-21-25-18-22-19(26-6-10-29-11-7-26)24-20(23-18)27-8-12-30-13-9-27/h3-5,14,28H,2,6-13H2,1H3,(H,22,23,24,25). The fourth-order valence-corrected chi connectivity index (χ4v) is 3.29. The summed E-state index contributed by atoms with van der Waals surface area (Å²) in [5.41, 5.74) is 3.39. The summed E-state index contributed by atoms with van der Waals surface area (Å²) in [6.07, 6.45) is 1.50. The molecule has 1 aromatic heterocycles. The van der Waals surface area contributed by atoms with Crippen LogP contribution in [0.15, 0.2) is 23.3 Å². The van der Waals surface area contributed by atoms with Gasteiger partial charge in [-0.1, -0.05) is 6.07 Å². The Hall–Kier alpha value is -3.18. The Morgan fingerprint density at radius 2 is 1.65 bits per heavy atom. The van der Waals surface area contributed by atoms with E-state index in [-0.39, 0.29) is 5.75 Å². The smallest absolute Gasteiger partial charge is 0.250 e. The molecule has 0 radical (unpaired) electrons. The Bertz CT molecular complexity index is 863. The van der Waals surface area contributed by atoms with E-state index in [0.717, 1.165) is 0 Å². The summed E-state index contributed by atoms with van der Waals surface area (Å²) in [4.78, 5) is 17.9. The van der Waals surface area contributed by atoms with Gasteiger partial charge in [-0.05, 0) is 19.1 Å². The number of aromatic hydroxyl groups is 1. The molecule has 11 heteroatoms. The number of hydrazone groups is 1. The van der Waals surface area contributed by atoms with Crippen LogP contribution in [0.4, 0.5) is 17.8 Å². The molecule has 0 saturated carbocycles. The molecule has 2 aliphatic rings. The molecular weight excluding hydrogens is 402 g/mol. The Morgan fingerprint density at radius 1 is 1.03 bits per heavy atom. The van der Waals surface area contributed by atoms with Crippen molar-refractivity contribution in [3.05, 3.63) is 23.8 Å². The summed E-state index contributed by atoms with van der Waals surface area (Å²) in [7, 11) is 0. The van der Waals surface area contributed by atoms with E-state index < -0.39 is 0 Å². The van der Waals surface area contributed by atoms with Crippen LogP contribution < -0.4 is 20.0 Å². The van der Waals surface area contributed by atoms with Crippen molar-refractivity contribution in [3.8, 4) is 11.5 Å². The average Bonchev–Trinajstić information content (AvgIpc) is 2.82. The lowest BCUT2D eigenvalue weighted by atomic mass is 10.2. The number of rotatable bonds is 7. The lowest BCUT2D eigenvalue weighted by Crippen LogP contribution is -2.40. The minimum Gasteiger partial charge on any atom is -0.504 e. The maximum absolute atomic E-state index is 10.3. The third-order valence-electron chi connectivity index (χ3n) is 4.90. The minimum atomic E-state index is 0.0357. The fourth-order valence-electron chi connectivity index (χ4n) is 3.29. The molecule has 2 N–H and O–H groups in total. The van der Waals surface area contributed by atoms with Crippen molar-refractivity contribution in [2.24, 2.45) is 5.10 Å². The SMILES string of the molecule is CCOc1cccc(C=NNc2nc(N3CCOCC3)nc(N3CCOCC3)n2)c1O. The highest BCUT2D eigenvalue weighted by Gasteiger charge is 2.20. The van der Waals surface area contributed by atoms with Crippen LogP contribution in [0.2, 0.25) is 0 Å². The lowest BCUT2D eigenvalue weighted by Gasteiger charge is -2.30. The van der Waals surface area contributed by atoms with E-state index in [2.05, 4.69) is 35.3 Å². The van der Waals surface area contributed by atoms with E-state index in [1.165, 1.54) is 6.21 Å². The highest BCUT2D eigenvalue weighted by molar-refractivity contribution is 5.85. The van der Waals surface area contributed by atoms with E-state index >= 15 is 0 Å². The van der Waals surface area contributed by atoms with Crippen LogP contribution in [0.25, 0.3) is 0 Å². The number of nitrogens with zero attached hydrogens (tertiary/aromatic N) is 6. The van der Waals surface area contributed by atoms with Gasteiger partial charge in [-0.3, -0.25) is 0 Å². The molecule has 0 aliphatic carbocycles. The minimum absolute atomic E-state index is 0.0357. The van der Waals surface area contributed by atoms with Gasteiger partial charge in [0.15, 0.2) is 11.5 Å². The second-order valence-electron chi connectivity index (χ2n) is 6.95. The normalized spacial score (nSPS) is 17.2. The number of nitrogens with one attached hydrogen (secondary N) is 1. The van der Waals surface area contributed by atoms with Gasteiger partial charge < -0.3 is 29.1 Å². The van der Waals surface area contributed by atoms with Crippen molar-refractivity contribution in [2.75, 3.05) is 74.4 Å². The summed E-state index contributed by atoms with van der Waals surface area (Å²) in [6, 6.07) is 5.25. The second kappa shape index (κ2) is 10.2. The van der Waals surface area contributed by atoms with Gasteiger partial charge in [0.2, 0.25) is 17.8 Å². The van der Waals surface area contributed by atoms with Crippen molar-refractivity contribution in [1.82, 2.24) is 15.0 Å². The predicted octanol–water partition coefficient (Wildman–Crippen LogP) is 1.10. The Morgan fingerprint density at radius 3 is 2.23 bits per heavy atom. The van der Waals surface area contributed by atoms with Gasteiger partial charge >= 0.3 is 0 Å². The molecule has 1 aromatic carbocycles. The Kier molecular flexibility index (Phi) is 6.95. The number of hydrogen-bond acceptors (Lipinski definition) is 11. The van der Waals surface area contributed by atoms with Gasteiger partial charge in [-0.25, -0.2) is 5.43 Å². The first-order valence-electron chi connectivity index (χ1n) is 10.4. The van der Waals surface area contributed by atoms with Gasteiger partial charge in [0.05, 0.1) is 39.2 Å². The van der Waals surface area contributed by atoms with Crippen molar-refractivity contribution in [2.45, 2.75) is 6.92 Å². The number of phenolic OH excluding ortho intramolecular Hbond substituents is 1. The molecule has 2 saturated heterocycles. The van der Waals surface area contributed by atoms with Crippen LogP contribution in [-0.2, 0) is 9.47 Å². The number of anilines is 3. The van der Waals surface area contributed by atoms with Gasteiger partial charge in [0, 0.05) is 31.7 Å². The van der Waals surface area contributed by atoms with E-state index in [9.17, 15) is 5.11 Å². The summed E-state index contributed by atoms with van der Waals surface area (Å²) >= 11 is 0. The van der Waals surface area contributed by atoms with Gasteiger partial charge in [0.1, 0.15) is 0 Å². The molecule has 11 nitrogen and oxygen atoms in total. The highest BCUT2D eigenvalue weighted by atomic mass is 16.5. The average molecular weight is 429 g/mol. The monoisotopic (exact) mass is 429 g/mol. The lowest BCUT2D eigenvalue weighted by molar-refractivity contribution is 0.121.